The van der Waals surface area contributed by atoms with Gasteiger partial charge >= 0.3 is 6.03 Å². The summed E-state index contributed by atoms with van der Waals surface area (Å²) < 4.78 is 28.2. The van der Waals surface area contributed by atoms with Crippen LogP contribution < -0.4 is 15.4 Å². The molecule has 0 saturated carbocycles. The average Bonchev–Trinajstić information content (AvgIpc) is 2.66. The third-order valence-electron chi connectivity index (χ3n) is 3.64. The molecule has 2 amide bonds. The number of urea groups is 1. The molecule has 0 aliphatic heterocycles. The number of aromatic hydroxyl groups is 1. The molecule has 7 nitrogen and oxygen atoms in total. The topological polar surface area (TPSA) is 105 Å². The van der Waals surface area contributed by atoms with Crippen molar-refractivity contribution in [2.45, 2.75) is 4.90 Å². The Labute approximate surface area is 167 Å². The molecule has 0 aliphatic carbocycles. The fourth-order valence-electron chi connectivity index (χ4n) is 2.38. The van der Waals surface area contributed by atoms with Gasteiger partial charge in [-0.3, -0.25) is 0 Å². The summed E-state index contributed by atoms with van der Waals surface area (Å²) in [4.78, 5) is 11.9. The first-order chi connectivity index (χ1) is 13.5. The minimum absolute atomic E-state index is 0.0995. The Morgan fingerprint density at radius 2 is 1.54 bits per heavy atom. The lowest BCUT2D eigenvalue weighted by Gasteiger charge is -2.14. The van der Waals surface area contributed by atoms with E-state index in [1.807, 2.05) is 18.2 Å². The van der Waals surface area contributed by atoms with Crippen LogP contribution in [0.2, 0.25) is 5.02 Å². The molecule has 0 aliphatic rings. The van der Waals surface area contributed by atoms with E-state index < -0.39 is 27.4 Å². The minimum Gasteiger partial charge on any atom is -0.504 e. The predicted octanol–water partition coefficient (Wildman–Crippen LogP) is 4.45. The van der Waals surface area contributed by atoms with Crippen molar-refractivity contribution in [3.05, 3.63) is 71.8 Å². The minimum atomic E-state index is -3.13. The van der Waals surface area contributed by atoms with Gasteiger partial charge in [0, 0.05) is 0 Å². The van der Waals surface area contributed by atoms with E-state index in [4.69, 9.17) is 16.3 Å². The molecule has 28 heavy (non-hydrogen) atoms. The maximum atomic E-state index is 12.3. The summed E-state index contributed by atoms with van der Waals surface area (Å²) in [6.07, 6.45) is 0. The molecular weight excluding hydrogens is 404 g/mol. The zero-order valence-electron chi connectivity index (χ0n) is 14.3. The molecule has 0 atom stereocenters. The number of anilines is 2. The summed E-state index contributed by atoms with van der Waals surface area (Å²) in [7, 11) is -3.13. The van der Waals surface area contributed by atoms with Crippen LogP contribution in [0, 0.1) is 0 Å². The van der Waals surface area contributed by atoms with Crippen LogP contribution in [0.5, 0.6) is 17.2 Å². The lowest BCUT2D eigenvalue weighted by molar-refractivity contribution is 0.262. The molecule has 9 heteroatoms. The Morgan fingerprint density at radius 1 is 0.893 bits per heavy atom. The van der Waals surface area contributed by atoms with Crippen LogP contribution >= 0.6 is 11.6 Å². The van der Waals surface area contributed by atoms with Gasteiger partial charge in [-0.25, -0.2) is 13.2 Å². The number of amides is 2. The van der Waals surface area contributed by atoms with Crippen LogP contribution in [0.3, 0.4) is 0 Å². The van der Waals surface area contributed by atoms with Crippen LogP contribution in [0.4, 0.5) is 16.2 Å². The highest BCUT2D eigenvalue weighted by atomic mass is 35.5. The highest BCUT2D eigenvalue weighted by molar-refractivity contribution is 7.72. The number of rotatable bonds is 5. The third kappa shape index (κ3) is 4.54. The lowest BCUT2D eigenvalue weighted by Crippen LogP contribution is -2.20. The van der Waals surface area contributed by atoms with Crippen molar-refractivity contribution in [1.82, 2.24) is 0 Å². The van der Waals surface area contributed by atoms with E-state index in [-0.39, 0.29) is 10.7 Å². The first kappa shape index (κ1) is 19.5. The molecule has 144 valence electrons. The van der Waals surface area contributed by atoms with Crippen LogP contribution in [-0.4, -0.2) is 19.6 Å². The Balaban J connectivity index is 1.79. The maximum Gasteiger partial charge on any atom is 0.323 e. The van der Waals surface area contributed by atoms with Gasteiger partial charge in [-0.1, -0.05) is 41.9 Å². The van der Waals surface area contributed by atoms with E-state index in [1.165, 1.54) is 12.1 Å². The molecular formula is C19H15ClN2O5S. The smallest absolute Gasteiger partial charge is 0.323 e. The Kier molecular flexibility index (Phi) is 6.03. The largest absolute Gasteiger partial charge is 0.504 e. The SMILES string of the molecule is O=C(Nc1ccccc1Oc1ccccc1)Nc1ccc(Cl)c([SH](=O)=O)c1O. The first-order valence-electron chi connectivity index (χ1n) is 8.01. The molecule has 0 spiro atoms. The Bertz CT molecular complexity index is 1080. The second kappa shape index (κ2) is 8.64. The zero-order valence-corrected chi connectivity index (χ0v) is 15.9. The second-order valence-electron chi connectivity index (χ2n) is 5.54. The van der Waals surface area contributed by atoms with Gasteiger partial charge in [0.25, 0.3) is 0 Å². The number of carbonyl (C=O) groups excluding carboxylic acids is 1. The number of carbonyl (C=O) groups is 1. The van der Waals surface area contributed by atoms with Gasteiger partial charge in [0.1, 0.15) is 10.6 Å². The highest BCUT2D eigenvalue weighted by Gasteiger charge is 2.16. The van der Waals surface area contributed by atoms with Gasteiger partial charge in [0.05, 0.1) is 16.4 Å². The van der Waals surface area contributed by atoms with Crippen LogP contribution in [-0.2, 0) is 10.7 Å². The normalized spacial score (nSPS) is 10.5. The van der Waals surface area contributed by atoms with Crippen molar-refractivity contribution in [2.75, 3.05) is 10.6 Å². The van der Waals surface area contributed by atoms with E-state index >= 15 is 0 Å². The number of hydrogen-bond donors (Lipinski definition) is 4. The standard InChI is InChI=1S/C19H15ClN2O5S/c20-13-10-11-15(17(23)18(13)28(25)26)22-19(24)21-14-8-4-5-9-16(14)27-12-6-2-1-3-7-12/h1-11,23,28H,(H2,21,22,24). The fraction of sp³-hybridized carbons (Fsp3) is 0. The molecule has 0 aromatic heterocycles. The molecule has 0 saturated heterocycles. The Morgan fingerprint density at radius 3 is 2.25 bits per heavy atom. The number of phenolic OH excluding ortho intramolecular Hbond substituents is 1. The van der Waals surface area contributed by atoms with Crippen molar-refractivity contribution >= 4 is 39.7 Å². The summed E-state index contributed by atoms with van der Waals surface area (Å²) in [5.74, 6) is 0.372. The summed E-state index contributed by atoms with van der Waals surface area (Å²) in [6.45, 7) is 0. The number of nitrogens with one attached hydrogen (secondary N) is 2. The van der Waals surface area contributed by atoms with Crippen molar-refractivity contribution in [3.8, 4) is 17.2 Å². The third-order valence-corrected chi connectivity index (χ3v) is 4.90. The molecule has 0 radical (unpaired) electrons. The molecule has 3 aromatic carbocycles. The first-order valence-corrected chi connectivity index (χ1v) is 9.57. The Hall–Kier alpha value is -3.23. The van der Waals surface area contributed by atoms with Crippen LogP contribution in [0.1, 0.15) is 0 Å². The van der Waals surface area contributed by atoms with E-state index in [0.29, 0.717) is 17.2 Å². The number of ether oxygens (including phenoxy) is 1. The molecule has 0 bridgehead atoms. The zero-order chi connectivity index (χ0) is 20.1. The molecule has 0 fully saturated rings. The van der Waals surface area contributed by atoms with Gasteiger partial charge in [-0.05, 0) is 36.4 Å². The van der Waals surface area contributed by atoms with Crippen LogP contribution in [0.25, 0.3) is 0 Å². The summed E-state index contributed by atoms with van der Waals surface area (Å²) in [6, 6.07) is 17.7. The van der Waals surface area contributed by atoms with Crippen molar-refractivity contribution < 1.29 is 23.1 Å². The number of halogens is 1. The highest BCUT2D eigenvalue weighted by Crippen LogP contribution is 2.35. The molecule has 0 unspecified atom stereocenters. The van der Waals surface area contributed by atoms with E-state index in [9.17, 15) is 18.3 Å². The molecule has 3 aromatic rings. The summed E-state index contributed by atoms with van der Waals surface area (Å²) in [5.41, 5.74) is 0.282. The second-order valence-corrected chi connectivity index (χ2v) is 6.91. The molecule has 3 N–H and O–H groups in total. The van der Waals surface area contributed by atoms with Crippen molar-refractivity contribution in [1.29, 1.82) is 0 Å². The van der Waals surface area contributed by atoms with Crippen molar-refractivity contribution in [3.63, 3.8) is 0 Å². The predicted molar refractivity (Wildman–Crippen MR) is 107 cm³/mol. The van der Waals surface area contributed by atoms with Crippen LogP contribution in [0.15, 0.2) is 71.6 Å². The molecule has 3 rings (SSSR count). The van der Waals surface area contributed by atoms with Crippen molar-refractivity contribution in [2.24, 2.45) is 0 Å². The van der Waals surface area contributed by atoms with Gasteiger partial charge in [0.15, 0.2) is 22.2 Å². The number of hydrogen-bond acceptors (Lipinski definition) is 5. The van der Waals surface area contributed by atoms with E-state index in [2.05, 4.69) is 10.6 Å². The number of thiol groups is 1. The molecule has 0 heterocycles. The fourth-order valence-corrected chi connectivity index (χ4v) is 3.28. The van der Waals surface area contributed by atoms with Gasteiger partial charge < -0.3 is 20.5 Å². The lowest BCUT2D eigenvalue weighted by atomic mass is 10.2. The maximum absolute atomic E-state index is 12.3. The van der Waals surface area contributed by atoms with E-state index in [1.54, 1.807) is 36.4 Å². The average molecular weight is 419 g/mol. The monoisotopic (exact) mass is 418 g/mol. The van der Waals surface area contributed by atoms with E-state index in [0.717, 1.165) is 0 Å². The van der Waals surface area contributed by atoms with Gasteiger partial charge in [-0.2, -0.15) is 0 Å². The quantitative estimate of drug-likeness (QED) is 0.362. The number of phenols is 1. The number of para-hydroxylation sites is 3. The summed E-state index contributed by atoms with van der Waals surface area (Å²) >= 11 is 5.77. The summed E-state index contributed by atoms with van der Waals surface area (Å²) in [5, 5.41) is 14.9. The number of benzene rings is 3. The van der Waals surface area contributed by atoms with Gasteiger partial charge in [-0.15, -0.1) is 0 Å². The van der Waals surface area contributed by atoms with Gasteiger partial charge in [0.2, 0.25) is 0 Å².